The quantitative estimate of drug-likeness (QED) is 0.597. The third kappa shape index (κ3) is 4.74. The van der Waals surface area contributed by atoms with Crippen LogP contribution in [-0.2, 0) is 5.75 Å². The molecule has 0 spiro atoms. The van der Waals surface area contributed by atoms with Gasteiger partial charge in [0, 0.05) is 17.0 Å². The Kier molecular flexibility index (Phi) is 6.08. The van der Waals surface area contributed by atoms with E-state index in [1.165, 1.54) is 11.8 Å². The van der Waals surface area contributed by atoms with Crippen LogP contribution in [0.2, 0.25) is 5.02 Å². The predicted molar refractivity (Wildman–Crippen MR) is 101 cm³/mol. The molecule has 2 heterocycles. The monoisotopic (exact) mass is 389 g/mol. The van der Waals surface area contributed by atoms with E-state index in [1.54, 1.807) is 18.3 Å². The van der Waals surface area contributed by atoms with Gasteiger partial charge in [0.15, 0.2) is 0 Å². The Balaban J connectivity index is 1.61. The fraction of sp³-hybridized carbons (Fsp3) is 0.176. The van der Waals surface area contributed by atoms with Crippen molar-refractivity contribution in [1.82, 2.24) is 20.2 Å². The fourth-order valence-electron chi connectivity index (χ4n) is 2.09. The highest BCUT2D eigenvalue weighted by Crippen LogP contribution is 2.22. The number of hydrogen-bond donors (Lipinski definition) is 2. The van der Waals surface area contributed by atoms with E-state index >= 15 is 0 Å². The molecule has 0 saturated carbocycles. The number of carbonyl (C=O) groups is 1. The molecule has 9 heteroatoms. The Labute approximate surface area is 159 Å². The van der Waals surface area contributed by atoms with Gasteiger partial charge in [-0.25, -0.2) is 10.1 Å². The SMILES string of the molecule is CCOc1ncccc1C(=O)Nc1nc(SCc2ccc(Cl)cc2)n[nH]1. The standard InChI is InChI=1S/C17H16ClN5O2S/c1-2-25-15-13(4-3-9-19-15)14(24)20-16-21-17(23-22-16)26-10-11-5-7-12(18)8-6-11/h3-9H,2,10H2,1H3,(H2,20,21,22,23,24). The van der Waals surface area contributed by atoms with E-state index in [0.29, 0.717) is 28.1 Å². The third-order valence-electron chi connectivity index (χ3n) is 3.27. The van der Waals surface area contributed by atoms with Crippen molar-refractivity contribution in [2.45, 2.75) is 17.8 Å². The molecule has 7 nitrogen and oxygen atoms in total. The van der Waals surface area contributed by atoms with Crippen molar-refractivity contribution in [1.29, 1.82) is 0 Å². The van der Waals surface area contributed by atoms with Gasteiger partial charge in [0.25, 0.3) is 5.91 Å². The molecule has 0 radical (unpaired) electrons. The molecular weight excluding hydrogens is 374 g/mol. The Morgan fingerprint density at radius 1 is 1.31 bits per heavy atom. The van der Waals surface area contributed by atoms with Gasteiger partial charge in [0.1, 0.15) is 5.56 Å². The van der Waals surface area contributed by atoms with Gasteiger partial charge in [-0.1, -0.05) is 35.5 Å². The minimum atomic E-state index is -0.369. The number of ether oxygens (including phenoxy) is 1. The van der Waals surface area contributed by atoms with E-state index in [4.69, 9.17) is 16.3 Å². The van der Waals surface area contributed by atoms with Gasteiger partial charge in [0.05, 0.1) is 6.61 Å². The predicted octanol–water partition coefficient (Wildman–Crippen LogP) is 3.80. The van der Waals surface area contributed by atoms with Crippen molar-refractivity contribution >= 4 is 35.2 Å². The van der Waals surface area contributed by atoms with Crippen molar-refractivity contribution in [3.05, 3.63) is 58.7 Å². The summed E-state index contributed by atoms with van der Waals surface area (Å²) in [6.45, 7) is 2.25. The van der Waals surface area contributed by atoms with Crippen LogP contribution in [0, 0.1) is 0 Å². The zero-order valence-corrected chi connectivity index (χ0v) is 15.5. The average molecular weight is 390 g/mol. The number of pyridine rings is 1. The van der Waals surface area contributed by atoms with Crippen LogP contribution in [-0.4, -0.2) is 32.7 Å². The lowest BCUT2D eigenvalue weighted by molar-refractivity contribution is 0.102. The first-order chi connectivity index (χ1) is 12.7. The van der Waals surface area contributed by atoms with Crippen LogP contribution in [0.1, 0.15) is 22.8 Å². The number of H-pyrrole nitrogens is 1. The number of nitrogens with one attached hydrogen (secondary N) is 2. The van der Waals surface area contributed by atoms with Gasteiger partial charge in [-0.3, -0.25) is 10.1 Å². The van der Waals surface area contributed by atoms with E-state index in [2.05, 4.69) is 25.5 Å². The van der Waals surface area contributed by atoms with E-state index in [-0.39, 0.29) is 17.7 Å². The molecule has 0 bridgehead atoms. The fourth-order valence-corrected chi connectivity index (χ4v) is 2.97. The second-order valence-corrected chi connectivity index (χ2v) is 6.50. The van der Waals surface area contributed by atoms with Gasteiger partial charge in [-0.2, -0.15) is 4.98 Å². The number of thioether (sulfide) groups is 1. The van der Waals surface area contributed by atoms with Crippen LogP contribution >= 0.6 is 23.4 Å². The van der Waals surface area contributed by atoms with Crippen molar-refractivity contribution in [2.24, 2.45) is 0 Å². The normalized spacial score (nSPS) is 10.5. The number of rotatable bonds is 7. The molecule has 2 N–H and O–H groups in total. The summed E-state index contributed by atoms with van der Waals surface area (Å²) < 4.78 is 5.37. The third-order valence-corrected chi connectivity index (χ3v) is 4.45. The lowest BCUT2D eigenvalue weighted by Gasteiger charge is -2.07. The summed E-state index contributed by atoms with van der Waals surface area (Å²) in [5.74, 6) is 0.871. The zero-order valence-electron chi connectivity index (χ0n) is 13.9. The minimum absolute atomic E-state index is 0.264. The van der Waals surface area contributed by atoms with E-state index in [9.17, 15) is 4.79 Å². The molecule has 1 amide bonds. The molecule has 26 heavy (non-hydrogen) atoms. The van der Waals surface area contributed by atoms with Crippen LogP contribution in [0.15, 0.2) is 47.8 Å². The van der Waals surface area contributed by atoms with Gasteiger partial charge in [-0.15, -0.1) is 5.10 Å². The summed E-state index contributed by atoms with van der Waals surface area (Å²) in [5, 5.41) is 10.7. The number of aromatic amines is 1. The number of aromatic nitrogens is 4. The summed E-state index contributed by atoms with van der Waals surface area (Å²) in [7, 11) is 0. The summed E-state index contributed by atoms with van der Waals surface area (Å²) in [4.78, 5) is 20.7. The zero-order chi connectivity index (χ0) is 18.4. The maximum atomic E-state index is 12.4. The van der Waals surface area contributed by atoms with Gasteiger partial charge in [0.2, 0.25) is 17.0 Å². The van der Waals surface area contributed by atoms with Crippen LogP contribution in [0.5, 0.6) is 5.88 Å². The molecule has 3 rings (SSSR count). The number of carbonyl (C=O) groups excluding carboxylic acids is 1. The second kappa shape index (κ2) is 8.68. The lowest BCUT2D eigenvalue weighted by atomic mass is 10.2. The molecule has 0 aliphatic carbocycles. The molecule has 0 aliphatic rings. The molecular formula is C17H16ClN5O2S. The molecule has 1 aromatic carbocycles. The van der Waals surface area contributed by atoms with Crippen molar-refractivity contribution in [2.75, 3.05) is 11.9 Å². The highest BCUT2D eigenvalue weighted by Gasteiger charge is 2.15. The van der Waals surface area contributed by atoms with Crippen LogP contribution < -0.4 is 10.1 Å². The molecule has 0 atom stereocenters. The van der Waals surface area contributed by atoms with Crippen molar-refractivity contribution in [3.8, 4) is 5.88 Å². The topological polar surface area (TPSA) is 92.8 Å². The van der Waals surface area contributed by atoms with Crippen LogP contribution in [0.4, 0.5) is 5.95 Å². The van der Waals surface area contributed by atoms with E-state index < -0.39 is 0 Å². The molecule has 2 aromatic heterocycles. The number of anilines is 1. The Hall–Kier alpha value is -2.58. The number of amides is 1. The molecule has 3 aromatic rings. The number of hydrogen-bond acceptors (Lipinski definition) is 6. The molecule has 0 saturated heterocycles. The Bertz CT molecular complexity index is 885. The summed E-state index contributed by atoms with van der Waals surface area (Å²) in [6, 6.07) is 10.9. The average Bonchev–Trinajstić information content (AvgIpc) is 3.09. The van der Waals surface area contributed by atoms with E-state index in [0.717, 1.165) is 5.56 Å². The molecule has 0 fully saturated rings. The first kappa shape index (κ1) is 18.2. The first-order valence-electron chi connectivity index (χ1n) is 7.84. The largest absolute Gasteiger partial charge is 0.477 e. The molecule has 0 unspecified atom stereocenters. The highest BCUT2D eigenvalue weighted by molar-refractivity contribution is 7.98. The highest BCUT2D eigenvalue weighted by atomic mass is 35.5. The van der Waals surface area contributed by atoms with Gasteiger partial charge >= 0.3 is 0 Å². The van der Waals surface area contributed by atoms with E-state index in [1.807, 2.05) is 31.2 Å². The van der Waals surface area contributed by atoms with Crippen LogP contribution in [0.3, 0.4) is 0 Å². The summed E-state index contributed by atoms with van der Waals surface area (Å²) >= 11 is 7.32. The second-order valence-electron chi connectivity index (χ2n) is 5.12. The maximum absolute atomic E-state index is 12.4. The summed E-state index contributed by atoms with van der Waals surface area (Å²) in [6.07, 6.45) is 1.57. The van der Waals surface area contributed by atoms with Crippen molar-refractivity contribution in [3.63, 3.8) is 0 Å². The molecule has 0 aliphatic heterocycles. The summed E-state index contributed by atoms with van der Waals surface area (Å²) in [5.41, 5.74) is 1.44. The maximum Gasteiger partial charge on any atom is 0.263 e. The van der Waals surface area contributed by atoms with Gasteiger partial charge in [-0.05, 0) is 36.8 Å². The minimum Gasteiger partial charge on any atom is -0.477 e. The Morgan fingerprint density at radius 3 is 2.88 bits per heavy atom. The van der Waals surface area contributed by atoms with Crippen LogP contribution in [0.25, 0.3) is 0 Å². The van der Waals surface area contributed by atoms with Crippen molar-refractivity contribution < 1.29 is 9.53 Å². The van der Waals surface area contributed by atoms with Gasteiger partial charge < -0.3 is 4.74 Å². The number of halogens is 1. The molecule has 134 valence electrons. The first-order valence-corrected chi connectivity index (χ1v) is 9.21. The lowest BCUT2D eigenvalue weighted by Crippen LogP contribution is -2.15. The number of nitrogens with zero attached hydrogens (tertiary/aromatic N) is 3. The smallest absolute Gasteiger partial charge is 0.263 e. The Morgan fingerprint density at radius 2 is 2.12 bits per heavy atom. The number of benzene rings is 1.